The molecule has 0 saturated carbocycles. The number of nitrogens with zero attached hydrogens (tertiary/aromatic N) is 2. The van der Waals surface area contributed by atoms with Crippen LogP contribution in [0.4, 0.5) is 17.3 Å². The molecule has 0 bridgehead atoms. The Hall–Kier alpha value is -2.92. The minimum atomic E-state index is -0.343. The number of anilines is 3. The van der Waals surface area contributed by atoms with E-state index in [0.717, 1.165) is 17.7 Å². The molecule has 1 aromatic heterocycles. The molecule has 1 amide bonds. The maximum absolute atomic E-state index is 12.5. The summed E-state index contributed by atoms with van der Waals surface area (Å²) in [5.41, 5.74) is 4.03. The van der Waals surface area contributed by atoms with E-state index in [2.05, 4.69) is 33.6 Å². The Morgan fingerprint density at radius 1 is 1.12 bits per heavy atom. The summed E-state index contributed by atoms with van der Waals surface area (Å²) in [4.78, 5) is 21.0. The van der Waals surface area contributed by atoms with Gasteiger partial charge in [-0.2, -0.15) is 0 Å². The number of hydrogen-bond donors (Lipinski definition) is 2. The highest BCUT2D eigenvalue weighted by molar-refractivity contribution is 6.33. The van der Waals surface area contributed by atoms with Crippen LogP contribution in [0.5, 0.6) is 0 Å². The number of amides is 1. The van der Waals surface area contributed by atoms with E-state index in [0.29, 0.717) is 16.7 Å². The summed E-state index contributed by atoms with van der Waals surface area (Å²) in [6, 6.07) is 14.7. The summed E-state index contributed by atoms with van der Waals surface area (Å²) in [6.07, 6.45) is 2.44. The Kier molecular flexibility index (Phi) is 5.49. The Morgan fingerprint density at radius 2 is 1.92 bits per heavy atom. The summed E-state index contributed by atoms with van der Waals surface area (Å²) in [5, 5.41) is 6.47. The third kappa shape index (κ3) is 4.00. The van der Waals surface area contributed by atoms with Crippen molar-refractivity contribution in [2.75, 3.05) is 10.6 Å². The highest BCUT2D eigenvalue weighted by Gasteiger charge is 2.12. The van der Waals surface area contributed by atoms with Gasteiger partial charge in [0.1, 0.15) is 5.69 Å². The van der Waals surface area contributed by atoms with Gasteiger partial charge in [-0.05, 0) is 42.7 Å². The van der Waals surface area contributed by atoms with Gasteiger partial charge >= 0.3 is 0 Å². The van der Waals surface area contributed by atoms with Crippen molar-refractivity contribution in [2.24, 2.45) is 0 Å². The predicted octanol–water partition coefficient (Wildman–Crippen LogP) is 5.00. The molecule has 0 aliphatic heterocycles. The van der Waals surface area contributed by atoms with Gasteiger partial charge in [0.2, 0.25) is 5.95 Å². The number of nitrogens with one attached hydrogen (secondary N) is 2. The minimum Gasteiger partial charge on any atom is -0.324 e. The Morgan fingerprint density at radius 3 is 2.69 bits per heavy atom. The van der Waals surface area contributed by atoms with Crippen molar-refractivity contribution < 1.29 is 4.79 Å². The van der Waals surface area contributed by atoms with Crippen molar-refractivity contribution >= 4 is 34.8 Å². The van der Waals surface area contributed by atoms with Crippen molar-refractivity contribution in [3.05, 3.63) is 76.6 Å². The van der Waals surface area contributed by atoms with Gasteiger partial charge in [-0.1, -0.05) is 48.9 Å². The lowest BCUT2D eigenvalue weighted by Gasteiger charge is -2.13. The fraction of sp³-hybridized carbons (Fsp3) is 0.150. The summed E-state index contributed by atoms with van der Waals surface area (Å²) >= 11 is 6.09. The summed E-state index contributed by atoms with van der Waals surface area (Å²) in [6.45, 7) is 4.11. The van der Waals surface area contributed by atoms with Crippen molar-refractivity contribution in [3.8, 4) is 0 Å². The van der Waals surface area contributed by atoms with Crippen LogP contribution < -0.4 is 10.6 Å². The number of rotatable bonds is 5. The quantitative estimate of drug-likeness (QED) is 0.667. The third-order valence-electron chi connectivity index (χ3n) is 3.99. The second-order valence-electron chi connectivity index (χ2n) is 5.79. The third-order valence-corrected chi connectivity index (χ3v) is 4.32. The molecule has 0 atom stereocenters. The largest absolute Gasteiger partial charge is 0.324 e. The number of hydrogen-bond acceptors (Lipinski definition) is 4. The van der Waals surface area contributed by atoms with Crippen LogP contribution in [0.1, 0.15) is 28.5 Å². The van der Waals surface area contributed by atoms with Gasteiger partial charge in [-0.25, -0.2) is 9.97 Å². The van der Waals surface area contributed by atoms with Crippen LogP contribution in [-0.4, -0.2) is 15.9 Å². The summed E-state index contributed by atoms with van der Waals surface area (Å²) < 4.78 is 0. The zero-order chi connectivity index (χ0) is 18.5. The molecule has 0 fully saturated rings. The molecule has 2 aromatic carbocycles. The molecule has 3 aromatic rings. The van der Waals surface area contributed by atoms with Gasteiger partial charge in [0.25, 0.3) is 5.91 Å². The normalized spacial score (nSPS) is 10.4. The first kappa shape index (κ1) is 17.9. The minimum absolute atomic E-state index is 0.258. The van der Waals surface area contributed by atoms with Crippen LogP contribution in [0.15, 0.2) is 54.7 Å². The number of carbonyl (C=O) groups is 1. The van der Waals surface area contributed by atoms with Crippen molar-refractivity contribution in [3.63, 3.8) is 0 Å². The zero-order valence-electron chi connectivity index (χ0n) is 14.6. The first-order valence-electron chi connectivity index (χ1n) is 8.33. The standard InChI is InChI=1S/C20H19ClN4O/c1-3-14-8-6-7-13(2)18(14)25-20-22-12-11-17(24-20)19(26)23-16-10-5-4-9-15(16)21/h4-12H,3H2,1-2H3,(H,23,26)(H,22,24,25). The molecular weight excluding hydrogens is 348 g/mol. The van der Waals surface area contributed by atoms with E-state index in [1.165, 1.54) is 5.56 Å². The molecule has 5 nitrogen and oxygen atoms in total. The first-order chi connectivity index (χ1) is 12.6. The molecule has 26 heavy (non-hydrogen) atoms. The molecule has 0 radical (unpaired) electrons. The Bertz CT molecular complexity index is 943. The molecule has 0 aliphatic carbocycles. The number of halogens is 1. The van der Waals surface area contributed by atoms with Gasteiger partial charge in [-0.3, -0.25) is 4.79 Å². The Balaban J connectivity index is 1.83. The molecule has 6 heteroatoms. The van der Waals surface area contributed by atoms with E-state index in [9.17, 15) is 4.79 Å². The smallest absolute Gasteiger partial charge is 0.274 e. The van der Waals surface area contributed by atoms with E-state index in [1.807, 2.05) is 19.1 Å². The second-order valence-corrected chi connectivity index (χ2v) is 6.19. The number of carbonyl (C=O) groups excluding carboxylic acids is 1. The lowest BCUT2D eigenvalue weighted by atomic mass is 10.1. The molecule has 0 unspecified atom stereocenters. The highest BCUT2D eigenvalue weighted by atomic mass is 35.5. The van der Waals surface area contributed by atoms with Gasteiger partial charge in [0.15, 0.2) is 0 Å². The van der Waals surface area contributed by atoms with Crippen LogP contribution >= 0.6 is 11.6 Å². The van der Waals surface area contributed by atoms with Crippen molar-refractivity contribution in [1.82, 2.24) is 9.97 Å². The highest BCUT2D eigenvalue weighted by Crippen LogP contribution is 2.24. The lowest BCUT2D eigenvalue weighted by Crippen LogP contribution is -2.15. The SMILES string of the molecule is CCc1cccc(C)c1Nc1nccc(C(=O)Nc2ccccc2Cl)n1. The molecular formula is C20H19ClN4O. The van der Waals surface area contributed by atoms with Gasteiger partial charge in [0.05, 0.1) is 10.7 Å². The molecule has 2 N–H and O–H groups in total. The molecule has 132 valence electrons. The van der Waals surface area contributed by atoms with Crippen LogP contribution in [-0.2, 0) is 6.42 Å². The average Bonchev–Trinajstić information content (AvgIpc) is 2.65. The topological polar surface area (TPSA) is 66.9 Å². The number of aromatic nitrogens is 2. The van der Waals surface area contributed by atoms with E-state index < -0.39 is 0 Å². The fourth-order valence-electron chi connectivity index (χ4n) is 2.61. The van der Waals surface area contributed by atoms with E-state index >= 15 is 0 Å². The van der Waals surface area contributed by atoms with Crippen molar-refractivity contribution in [2.45, 2.75) is 20.3 Å². The molecule has 3 rings (SSSR count). The molecule has 1 heterocycles. The molecule has 0 saturated heterocycles. The van der Waals surface area contributed by atoms with Crippen LogP contribution in [0.3, 0.4) is 0 Å². The number of para-hydroxylation sites is 2. The second kappa shape index (κ2) is 7.97. The monoisotopic (exact) mass is 366 g/mol. The van der Waals surface area contributed by atoms with Gasteiger partial charge in [0, 0.05) is 11.9 Å². The van der Waals surface area contributed by atoms with Crippen molar-refractivity contribution in [1.29, 1.82) is 0 Å². The lowest BCUT2D eigenvalue weighted by molar-refractivity contribution is 0.102. The average molecular weight is 367 g/mol. The predicted molar refractivity (Wildman–Crippen MR) is 105 cm³/mol. The molecule has 0 spiro atoms. The zero-order valence-corrected chi connectivity index (χ0v) is 15.3. The van der Waals surface area contributed by atoms with E-state index in [4.69, 9.17) is 11.6 Å². The number of aryl methyl sites for hydroxylation is 2. The maximum atomic E-state index is 12.5. The fourth-order valence-corrected chi connectivity index (χ4v) is 2.79. The number of benzene rings is 2. The molecule has 0 aliphatic rings. The van der Waals surface area contributed by atoms with Crippen LogP contribution in [0, 0.1) is 6.92 Å². The maximum Gasteiger partial charge on any atom is 0.274 e. The first-order valence-corrected chi connectivity index (χ1v) is 8.70. The van der Waals surface area contributed by atoms with Gasteiger partial charge in [-0.15, -0.1) is 0 Å². The Labute approximate surface area is 157 Å². The van der Waals surface area contributed by atoms with E-state index in [1.54, 1.807) is 36.5 Å². The summed E-state index contributed by atoms with van der Waals surface area (Å²) in [7, 11) is 0. The van der Waals surface area contributed by atoms with E-state index in [-0.39, 0.29) is 11.6 Å². The van der Waals surface area contributed by atoms with Crippen LogP contribution in [0.25, 0.3) is 0 Å². The van der Waals surface area contributed by atoms with Crippen LogP contribution in [0.2, 0.25) is 5.02 Å². The van der Waals surface area contributed by atoms with Gasteiger partial charge < -0.3 is 10.6 Å². The summed E-state index contributed by atoms with van der Waals surface area (Å²) in [5.74, 6) is 0.0323.